The summed E-state index contributed by atoms with van der Waals surface area (Å²) in [4.78, 5) is 2.22. The Labute approximate surface area is 109 Å². The van der Waals surface area contributed by atoms with Crippen molar-refractivity contribution >= 4 is 5.69 Å². The van der Waals surface area contributed by atoms with Gasteiger partial charge in [0.25, 0.3) is 0 Å². The second-order valence-electron chi connectivity index (χ2n) is 5.33. The fraction of sp³-hybridized carbons (Fsp3) is 0.533. The van der Waals surface area contributed by atoms with E-state index in [9.17, 15) is 0 Å². The molecule has 1 aromatic carbocycles. The summed E-state index contributed by atoms with van der Waals surface area (Å²) in [5, 5.41) is 12.5. The first-order valence-corrected chi connectivity index (χ1v) is 6.63. The zero-order chi connectivity index (χ0) is 13.0. The third kappa shape index (κ3) is 3.75. The van der Waals surface area contributed by atoms with Gasteiger partial charge in [-0.05, 0) is 43.5 Å². The van der Waals surface area contributed by atoms with Gasteiger partial charge in [0, 0.05) is 25.3 Å². The predicted octanol–water partition coefficient (Wildman–Crippen LogP) is 2.38. The van der Waals surface area contributed by atoms with Crippen LogP contribution in [0.25, 0.3) is 0 Å². The Hall–Kier alpha value is -1.53. The average Bonchev–Trinajstić information content (AvgIpc) is 3.20. The first kappa shape index (κ1) is 12.9. The summed E-state index contributed by atoms with van der Waals surface area (Å²) in [6.07, 6.45) is 2.68. The first-order chi connectivity index (χ1) is 8.69. The summed E-state index contributed by atoms with van der Waals surface area (Å²) in [5.74, 6) is 0.612. The molecule has 0 saturated heterocycles. The minimum Gasteiger partial charge on any atom is -0.374 e. The van der Waals surface area contributed by atoms with Gasteiger partial charge >= 0.3 is 0 Å². The molecule has 0 heterocycles. The molecular weight excluding hydrogens is 222 g/mol. The van der Waals surface area contributed by atoms with E-state index < -0.39 is 0 Å². The summed E-state index contributed by atoms with van der Waals surface area (Å²) in [5.41, 5.74) is 1.84. The Balaban J connectivity index is 1.85. The van der Waals surface area contributed by atoms with Crippen molar-refractivity contribution in [3.8, 4) is 6.07 Å². The maximum absolute atomic E-state index is 8.90. The Morgan fingerprint density at radius 1 is 1.50 bits per heavy atom. The number of anilines is 1. The van der Waals surface area contributed by atoms with Crippen molar-refractivity contribution in [1.82, 2.24) is 5.32 Å². The molecule has 1 aromatic rings. The van der Waals surface area contributed by atoms with Crippen molar-refractivity contribution < 1.29 is 0 Å². The molecule has 1 aliphatic rings. The van der Waals surface area contributed by atoms with Crippen LogP contribution in [0.3, 0.4) is 0 Å². The van der Waals surface area contributed by atoms with Crippen LogP contribution >= 0.6 is 0 Å². The summed E-state index contributed by atoms with van der Waals surface area (Å²) in [7, 11) is 2.09. The molecule has 1 N–H and O–H groups in total. The van der Waals surface area contributed by atoms with Gasteiger partial charge in [-0.15, -0.1) is 0 Å². The van der Waals surface area contributed by atoms with E-state index >= 15 is 0 Å². The van der Waals surface area contributed by atoms with Crippen LogP contribution < -0.4 is 10.2 Å². The Bertz CT molecular complexity index is 432. The van der Waals surface area contributed by atoms with E-state index in [0.717, 1.165) is 30.4 Å². The molecule has 0 radical (unpaired) electrons. The fourth-order valence-corrected chi connectivity index (χ4v) is 2.11. The maximum atomic E-state index is 8.90. The molecule has 3 nitrogen and oxygen atoms in total. The van der Waals surface area contributed by atoms with Crippen molar-refractivity contribution in [3.63, 3.8) is 0 Å². The average molecular weight is 243 g/mol. The number of nitriles is 1. The summed E-state index contributed by atoms with van der Waals surface area (Å²) in [6.45, 7) is 4.35. The van der Waals surface area contributed by atoms with E-state index in [1.54, 1.807) is 0 Å². The van der Waals surface area contributed by atoms with Gasteiger partial charge in [-0.2, -0.15) is 5.26 Å². The molecule has 0 aliphatic heterocycles. The topological polar surface area (TPSA) is 39.1 Å². The highest BCUT2D eigenvalue weighted by Gasteiger charge is 2.21. The van der Waals surface area contributed by atoms with Crippen LogP contribution in [0.4, 0.5) is 5.69 Å². The number of hydrogen-bond acceptors (Lipinski definition) is 3. The molecule has 1 aliphatic carbocycles. The lowest BCUT2D eigenvalue weighted by Gasteiger charge is -2.24. The molecule has 0 bridgehead atoms. The summed E-state index contributed by atoms with van der Waals surface area (Å²) in [6, 6.07) is 10.7. The van der Waals surface area contributed by atoms with Crippen molar-refractivity contribution in [2.75, 3.05) is 25.0 Å². The van der Waals surface area contributed by atoms with Gasteiger partial charge in [0.15, 0.2) is 0 Å². The number of nitrogens with zero attached hydrogens (tertiary/aromatic N) is 2. The number of rotatable bonds is 6. The minimum atomic E-state index is 0.612. The minimum absolute atomic E-state index is 0.612. The number of nitrogens with one attached hydrogen (secondary N) is 1. The molecule has 1 fully saturated rings. The van der Waals surface area contributed by atoms with Gasteiger partial charge in [-0.1, -0.05) is 13.0 Å². The highest BCUT2D eigenvalue weighted by molar-refractivity contribution is 5.50. The molecule has 1 atom stereocenters. The first-order valence-electron chi connectivity index (χ1n) is 6.63. The van der Waals surface area contributed by atoms with E-state index in [2.05, 4.69) is 36.3 Å². The summed E-state index contributed by atoms with van der Waals surface area (Å²) >= 11 is 0. The molecule has 0 aromatic heterocycles. The quantitative estimate of drug-likeness (QED) is 0.833. The van der Waals surface area contributed by atoms with Crippen LogP contribution in [0.2, 0.25) is 0 Å². The normalized spacial score (nSPS) is 16.1. The Kier molecular flexibility index (Phi) is 4.22. The fourth-order valence-electron chi connectivity index (χ4n) is 2.11. The van der Waals surface area contributed by atoms with Gasteiger partial charge in [0.05, 0.1) is 11.6 Å². The standard InChI is InChI=1S/C15H21N3/c1-12(10-17-14-6-7-14)11-18(2)15-5-3-4-13(8-15)9-16/h3-5,8,12,14,17H,6-7,10-11H2,1-2H3. The van der Waals surface area contributed by atoms with Crippen LogP contribution in [-0.4, -0.2) is 26.2 Å². The largest absolute Gasteiger partial charge is 0.374 e. The van der Waals surface area contributed by atoms with E-state index in [-0.39, 0.29) is 0 Å². The molecule has 1 unspecified atom stereocenters. The van der Waals surface area contributed by atoms with E-state index in [0.29, 0.717) is 5.92 Å². The van der Waals surface area contributed by atoms with Crippen LogP contribution in [0, 0.1) is 17.2 Å². The van der Waals surface area contributed by atoms with Gasteiger partial charge in [-0.3, -0.25) is 0 Å². The Morgan fingerprint density at radius 2 is 2.28 bits per heavy atom. The Morgan fingerprint density at radius 3 is 2.94 bits per heavy atom. The van der Waals surface area contributed by atoms with E-state index in [1.165, 1.54) is 12.8 Å². The van der Waals surface area contributed by atoms with Gasteiger partial charge < -0.3 is 10.2 Å². The molecule has 0 spiro atoms. The lowest BCUT2D eigenvalue weighted by molar-refractivity contribution is 0.511. The van der Waals surface area contributed by atoms with E-state index in [4.69, 9.17) is 5.26 Å². The number of benzene rings is 1. The van der Waals surface area contributed by atoms with Crippen LogP contribution in [0.15, 0.2) is 24.3 Å². The maximum Gasteiger partial charge on any atom is 0.0992 e. The lowest BCUT2D eigenvalue weighted by atomic mass is 10.1. The van der Waals surface area contributed by atoms with Gasteiger partial charge in [0.2, 0.25) is 0 Å². The summed E-state index contributed by atoms with van der Waals surface area (Å²) < 4.78 is 0. The number of hydrogen-bond donors (Lipinski definition) is 1. The molecule has 0 amide bonds. The van der Waals surface area contributed by atoms with Crippen LogP contribution in [-0.2, 0) is 0 Å². The van der Waals surface area contributed by atoms with Gasteiger partial charge in [0.1, 0.15) is 0 Å². The predicted molar refractivity (Wildman–Crippen MR) is 74.6 cm³/mol. The molecule has 3 heteroatoms. The second kappa shape index (κ2) is 5.88. The van der Waals surface area contributed by atoms with Crippen molar-refractivity contribution in [2.24, 2.45) is 5.92 Å². The lowest BCUT2D eigenvalue weighted by Crippen LogP contribution is -2.31. The second-order valence-corrected chi connectivity index (χ2v) is 5.33. The van der Waals surface area contributed by atoms with Crippen molar-refractivity contribution in [1.29, 1.82) is 5.26 Å². The third-order valence-electron chi connectivity index (χ3n) is 3.33. The monoisotopic (exact) mass is 243 g/mol. The highest BCUT2D eigenvalue weighted by atomic mass is 15.1. The molecule has 2 rings (SSSR count). The zero-order valence-corrected chi connectivity index (χ0v) is 11.2. The third-order valence-corrected chi connectivity index (χ3v) is 3.33. The zero-order valence-electron chi connectivity index (χ0n) is 11.2. The molecule has 96 valence electrons. The van der Waals surface area contributed by atoms with Crippen LogP contribution in [0.1, 0.15) is 25.3 Å². The molecule has 18 heavy (non-hydrogen) atoms. The van der Waals surface area contributed by atoms with Crippen molar-refractivity contribution in [2.45, 2.75) is 25.8 Å². The molecular formula is C15H21N3. The molecule has 1 saturated carbocycles. The van der Waals surface area contributed by atoms with Crippen molar-refractivity contribution in [3.05, 3.63) is 29.8 Å². The van der Waals surface area contributed by atoms with E-state index in [1.807, 2.05) is 18.2 Å². The van der Waals surface area contributed by atoms with Crippen LogP contribution in [0.5, 0.6) is 0 Å². The highest BCUT2D eigenvalue weighted by Crippen LogP contribution is 2.19. The van der Waals surface area contributed by atoms with Gasteiger partial charge in [-0.25, -0.2) is 0 Å². The SMILES string of the molecule is CC(CNC1CC1)CN(C)c1cccc(C#N)c1. The smallest absolute Gasteiger partial charge is 0.0992 e.